The van der Waals surface area contributed by atoms with E-state index in [0.717, 1.165) is 0 Å². The van der Waals surface area contributed by atoms with Crippen LogP contribution in [0, 0.1) is 5.92 Å². The minimum absolute atomic E-state index is 0.00573. The van der Waals surface area contributed by atoms with Crippen LogP contribution in [0.4, 0.5) is 0 Å². The van der Waals surface area contributed by atoms with E-state index in [0.29, 0.717) is 6.42 Å². The van der Waals surface area contributed by atoms with Crippen LogP contribution >= 0.6 is 0 Å². The minimum atomic E-state index is -1.76. The summed E-state index contributed by atoms with van der Waals surface area (Å²) < 4.78 is 42.5. The molecule has 0 saturated carbocycles. The number of aromatic hydroxyl groups is 2. The maximum atomic E-state index is 13.9. The monoisotopic (exact) mass is 811 g/mol. The van der Waals surface area contributed by atoms with Crippen molar-refractivity contribution in [1.82, 2.24) is 4.90 Å². The van der Waals surface area contributed by atoms with Crippen molar-refractivity contribution in [2.24, 2.45) is 5.92 Å². The summed E-state index contributed by atoms with van der Waals surface area (Å²) in [4.78, 5) is 55.0. The van der Waals surface area contributed by atoms with E-state index in [4.69, 9.17) is 33.2 Å². The number of hydrogen-bond donors (Lipinski definition) is 4. The van der Waals surface area contributed by atoms with Crippen molar-refractivity contribution in [3.63, 3.8) is 0 Å². The number of aliphatic hydroxyl groups excluding tert-OH is 1. The number of nitrogens with zero attached hydrogens (tertiary/aromatic N) is 1. The fraction of sp³-hybridized carbons (Fsp3) is 0.619. The predicted octanol–water partition coefficient (Wildman–Crippen LogP) is 3.02. The molecule has 0 radical (unpaired) electrons. The molecule has 3 heterocycles. The second-order valence-corrected chi connectivity index (χ2v) is 16.4. The van der Waals surface area contributed by atoms with Crippen molar-refractivity contribution < 1.29 is 72.8 Å². The van der Waals surface area contributed by atoms with Crippen LogP contribution in [0.3, 0.4) is 0 Å². The van der Waals surface area contributed by atoms with Gasteiger partial charge in [0.1, 0.15) is 36.2 Å². The van der Waals surface area contributed by atoms with E-state index in [1.807, 2.05) is 25.9 Å². The number of esters is 1. The fourth-order valence-electron chi connectivity index (χ4n) is 9.24. The zero-order chi connectivity index (χ0) is 42.0. The van der Waals surface area contributed by atoms with Crippen molar-refractivity contribution in [3.05, 3.63) is 57.6 Å². The molecule has 2 aliphatic carbocycles. The number of fused-ring (bicyclic) bond motifs is 3. The summed E-state index contributed by atoms with van der Waals surface area (Å²) in [6, 6.07) is 5.11. The molecule has 13 atom stereocenters. The molecular formula is C42H53NO15. The number of ether oxygens (including phenoxy) is 7. The molecule has 316 valence electrons. The van der Waals surface area contributed by atoms with E-state index >= 15 is 0 Å². The Hall–Kier alpha value is -3.84. The number of methoxy groups -OCH3 is 1. The van der Waals surface area contributed by atoms with Gasteiger partial charge in [-0.3, -0.25) is 19.2 Å². The standard InChI is InChI=1S/C42H53NO15/c1-8-42(51)16-28(33-22(35(42)41(50)52-7)13-23-34(38(33)49)37(48)32-21(36(23)47)10-9-11-25(32)44)56-30-14-24(43(5)6)39(19(3)54-30)58-31-15-26(45)40(20(4)55-31)57-29-12-18(2)27(46)17-53-29/h9-11,13,18-20,24,26,28-31,35,39-40,44-45,49,51H,8,12,14-17H2,1-7H3. The van der Waals surface area contributed by atoms with E-state index in [2.05, 4.69) is 0 Å². The van der Waals surface area contributed by atoms with Gasteiger partial charge >= 0.3 is 5.97 Å². The lowest BCUT2D eigenvalue weighted by molar-refractivity contribution is -0.323. The van der Waals surface area contributed by atoms with Gasteiger partial charge in [0, 0.05) is 54.3 Å². The lowest BCUT2D eigenvalue weighted by Crippen LogP contribution is -2.58. The van der Waals surface area contributed by atoms with Crippen LogP contribution in [0.25, 0.3) is 0 Å². The molecule has 13 unspecified atom stereocenters. The Morgan fingerprint density at radius 3 is 2.21 bits per heavy atom. The number of phenols is 2. The number of benzene rings is 2. The summed E-state index contributed by atoms with van der Waals surface area (Å²) in [5, 5.41) is 45.9. The van der Waals surface area contributed by atoms with Crippen molar-refractivity contribution in [3.8, 4) is 11.5 Å². The van der Waals surface area contributed by atoms with Gasteiger partial charge in [0.2, 0.25) is 5.78 Å². The topological polar surface area (TPSA) is 217 Å². The van der Waals surface area contributed by atoms with Gasteiger partial charge in [0.15, 0.2) is 30.4 Å². The van der Waals surface area contributed by atoms with E-state index in [1.165, 1.54) is 31.4 Å². The molecule has 2 aromatic carbocycles. The molecule has 2 aromatic rings. The second-order valence-electron chi connectivity index (χ2n) is 16.4. The zero-order valence-corrected chi connectivity index (χ0v) is 33.7. The second kappa shape index (κ2) is 16.3. The first-order valence-corrected chi connectivity index (χ1v) is 19.8. The van der Waals surface area contributed by atoms with Crippen molar-refractivity contribution in [1.29, 1.82) is 0 Å². The molecule has 5 aliphatic rings. The maximum Gasteiger partial charge on any atom is 0.316 e. The molecule has 0 amide bonds. The van der Waals surface area contributed by atoms with Crippen LogP contribution in [-0.4, -0.2) is 137 Å². The molecular weight excluding hydrogens is 758 g/mol. The number of carbonyl (C=O) groups is 4. The molecule has 0 aromatic heterocycles. The number of Topliss-reactive ketones (excluding diaryl/α,β-unsaturated/α-hetero) is 1. The molecule has 0 spiro atoms. The molecule has 7 rings (SSSR count). The average Bonchev–Trinajstić information content (AvgIpc) is 3.17. The molecule has 16 nitrogen and oxygen atoms in total. The highest BCUT2D eigenvalue weighted by Gasteiger charge is 2.53. The van der Waals surface area contributed by atoms with E-state index in [1.54, 1.807) is 20.8 Å². The third-order valence-electron chi connectivity index (χ3n) is 12.5. The number of phenolic OH excluding ortho intramolecular Hbond substituents is 2. The third-order valence-corrected chi connectivity index (χ3v) is 12.5. The van der Waals surface area contributed by atoms with E-state index in [-0.39, 0.29) is 83.4 Å². The van der Waals surface area contributed by atoms with E-state index < -0.39 is 96.0 Å². The maximum absolute atomic E-state index is 13.9. The van der Waals surface area contributed by atoms with Crippen LogP contribution in [0.15, 0.2) is 24.3 Å². The summed E-state index contributed by atoms with van der Waals surface area (Å²) in [5.41, 5.74) is -2.49. The van der Waals surface area contributed by atoms with Crippen LogP contribution in [0.5, 0.6) is 11.5 Å². The minimum Gasteiger partial charge on any atom is -0.507 e. The molecule has 3 fully saturated rings. The first-order chi connectivity index (χ1) is 27.5. The first kappa shape index (κ1) is 42.3. The van der Waals surface area contributed by atoms with Crippen LogP contribution < -0.4 is 0 Å². The van der Waals surface area contributed by atoms with Gasteiger partial charge < -0.3 is 58.5 Å². The highest BCUT2D eigenvalue weighted by molar-refractivity contribution is 6.30. The highest BCUT2D eigenvalue weighted by atomic mass is 16.7. The van der Waals surface area contributed by atoms with Crippen molar-refractivity contribution in [2.75, 3.05) is 27.8 Å². The van der Waals surface area contributed by atoms with Crippen LogP contribution in [-0.2, 0) is 42.7 Å². The van der Waals surface area contributed by atoms with Gasteiger partial charge in [-0.05, 0) is 52.1 Å². The average molecular weight is 812 g/mol. The lowest BCUT2D eigenvalue weighted by Gasteiger charge is -2.48. The molecule has 3 saturated heterocycles. The van der Waals surface area contributed by atoms with Gasteiger partial charge in [-0.15, -0.1) is 0 Å². The smallest absolute Gasteiger partial charge is 0.316 e. The van der Waals surface area contributed by atoms with Gasteiger partial charge in [0.05, 0.1) is 48.3 Å². The number of ketones is 3. The quantitative estimate of drug-likeness (QED) is 0.229. The summed E-state index contributed by atoms with van der Waals surface area (Å²) in [7, 11) is 4.91. The molecule has 0 bridgehead atoms. The summed E-state index contributed by atoms with van der Waals surface area (Å²) >= 11 is 0. The number of carbonyl (C=O) groups excluding carboxylic acids is 4. The molecule has 4 N–H and O–H groups in total. The summed E-state index contributed by atoms with van der Waals surface area (Å²) in [5.74, 6) is -4.81. The largest absolute Gasteiger partial charge is 0.507 e. The van der Waals surface area contributed by atoms with Crippen molar-refractivity contribution in [2.45, 2.75) is 133 Å². The number of rotatable bonds is 9. The summed E-state index contributed by atoms with van der Waals surface area (Å²) in [6.45, 7) is 7.05. The fourth-order valence-corrected chi connectivity index (χ4v) is 9.24. The highest BCUT2D eigenvalue weighted by Crippen LogP contribution is 2.54. The Morgan fingerprint density at radius 2 is 1.57 bits per heavy atom. The summed E-state index contributed by atoms with van der Waals surface area (Å²) in [6.07, 6.45) is -6.39. The molecule has 58 heavy (non-hydrogen) atoms. The Balaban J connectivity index is 1.13. The van der Waals surface area contributed by atoms with Crippen molar-refractivity contribution >= 4 is 23.3 Å². The predicted molar refractivity (Wildman–Crippen MR) is 201 cm³/mol. The normalized spacial score (nSPS) is 36.3. The van der Waals surface area contributed by atoms with Gasteiger partial charge in [0.25, 0.3) is 0 Å². The molecule has 16 heteroatoms. The van der Waals surface area contributed by atoms with Crippen LogP contribution in [0.1, 0.15) is 115 Å². The SMILES string of the molecule is CCC1(O)CC(OC2CC(N(C)C)C(OC3CC(O)C(OC4CC(C)C(=O)CO4)C(C)O3)C(C)O2)c2c(cc3c(c2O)C(=O)c2c(O)cccc2C3=O)C1C(=O)OC. The zero-order valence-electron chi connectivity index (χ0n) is 33.7. The Kier molecular flexibility index (Phi) is 11.9. The van der Waals surface area contributed by atoms with Gasteiger partial charge in [-0.1, -0.05) is 26.0 Å². The number of aliphatic hydroxyl groups is 2. The number of hydrogen-bond acceptors (Lipinski definition) is 16. The third kappa shape index (κ3) is 7.47. The molecule has 3 aliphatic heterocycles. The van der Waals surface area contributed by atoms with Gasteiger partial charge in [-0.2, -0.15) is 0 Å². The lowest BCUT2D eigenvalue weighted by atomic mass is 9.67. The Labute approximate surface area is 336 Å². The Morgan fingerprint density at radius 1 is 0.897 bits per heavy atom. The van der Waals surface area contributed by atoms with E-state index in [9.17, 15) is 39.6 Å². The van der Waals surface area contributed by atoms with Gasteiger partial charge in [-0.25, -0.2) is 0 Å². The first-order valence-electron chi connectivity index (χ1n) is 19.8. The van der Waals surface area contributed by atoms with Crippen LogP contribution in [0.2, 0.25) is 0 Å². The Bertz CT molecular complexity index is 1940. The number of likely N-dealkylation sites (N-methyl/N-ethyl adjacent to an activating group) is 1.